The van der Waals surface area contributed by atoms with Crippen molar-refractivity contribution in [2.24, 2.45) is 34.0 Å². The van der Waals surface area contributed by atoms with Crippen molar-refractivity contribution in [1.82, 2.24) is 0 Å². The van der Waals surface area contributed by atoms with Crippen molar-refractivity contribution in [3.05, 3.63) is 23.3 Å². The van der Waals surface area contributed by atoms with Crippen LogP contribution >= 0.6 is 0 Å². The number of fused-ring (bicyclic) bond motifs is 3. The lowest BCUT2D eigenvalue weighted by molar-refractivity contribution is -0.199. The first-order valence-electron chi connectivity index (χ1n) is 12.2. The SMILES string of the molecule is CC(=O)O[C@@H]1C[C@@]2(C)C=C([C@H]3CC(=O)C(C)=CC3O)CC[C@@H]2[C@@]2(C)CCCC(C)(C)C12. The van der Waals surface area contributed by atoms with Crippen molar-refractivity contribution in [3.63, 3.8) is 0 Å². The van der Waals surface area contributed by atoms with Crippen LogP contribution in [0.3, 0.4) is 0 Å². The molecule has 2 unspecified atom stereocenters. The number of ether oxygens (including phenoxy) is 1. The highest BCUT2D eigenvalue weighted by Gasteiger charge is 2.62. The van der Waals surface area contributed by atoms with Crippen LogP contribution in [0.1, 0.15) is 86.5 Å². The number of carbonyl (C=O) groups is 2. The number of ketones is 1. The molecule has 0 heterocycles. The standard InChI is InChI=1S/C27H40O4/c1-16-12-21(30)19(13-20(16)29)18-8-9-23-26(5,14-18)15-22(31-17(2)28)24-25(3,4)10-7-11-27(23,24)6/h12,14,19,21-24,30H,7-11,13,15H2,1-6H3/t19-,21?,22-,23+,24?,26-,27-/m1/s1. The van der Waals surface area contributed by atoms with Crippen LogP contribution in [0, 0.1) is 34.0 Å². The molecule has 4 rings (SSSR count). The number of aliphatic hydroxyl groups excluding tert-OH is 1. The fourth-order valence-electron chi connectivity index (χ4n) is 8.43. The van der Waals surface area contributed by atoms with Gasteiger partial charge in [0.2, 0.25) is 0 Å². The summed E-state index contributed by atoms with van der Waals surface area (Å²) in [6.07, 6.45) is 10.3. The third kappa shape index (κ3) is 3.73. The summed E-state index contributed by atoms with van der Waals surface area (Å²) >= 11 is 0. The Labute approximate surface area is 187 Å². The minimum Gasteiger partial charge on any atom is -0.462 e. The van der Waals surface area contributed by atoms with E-state index in [1.54, 1.807) is 13.0 Å². The Kier molecular flexibility index (Phi) is 5.56. The molecule has 0 aromatic carbocycles. The van der Waals surface area contributed by atoms with Crippen molar-refractivity contribution in [2.75, 3.05) is 0 Å². The van der Waals surface area contributed by atoms with Crippen LogP contribution in [-0.4, -0.2) is 29.1 Å². The number of hydrogen-bond donors (Lipinski definition) is 1. The van der Waals surface area contributed by atoms with Gasteiger partial charge in [0, 0.05) is 25.2 Å². The third-order valence-corrected chi connectivity index (χ3v) is 9.40. The van der Waals surface area contributed by atoms with Gasteiger partial charge in [0.15, 0.2) is 5.78 Å². The molecule has 1 N–H and O–H groups in total. The van der Waals surface area contributed by atoms with E-state index in [1.165, 1.54) is 31.8 Å². The van der Waals surface area contributed by atoms with E-state index in [0.29, 0.717) is 23.8 Å². The van der Waals surface area contributed by atoms with Gasteiger partial charge in [0.05, 0.1) is 6.10 Å². The summed E-state index contributed by atoms with van der Waals surface area (Å²) < 4.78 is 6.03. The van der Waals surface area contributed by atoms with Gasteiger partial charge in [-0.05, 0) is 72.8 Å². The molecule has 0 saturated heterocycles. The zero-order chi connectivity index (χ0) is 22.8. The smallest absolute Gasteiger partial charge is 0.302 e. The van der Waals surface area contributed by atoms with Crippen molar-refractivity contribution >= 4 is 11.8 Å². The summed E-state index contributed by atoms with van der Waals surface area (Å²) in [4.78, 5) is 24.4. The fourth-order valence-corrected chi connectivity index (χ4v) is 8.43. The van der Waals surface area contributed by atoms with Crippen LogP contribution in [0.4, 0.5) is 0 Å². The van der Waals surface area contributed by atoms with Crippen LogP contribution in [0.25, 0.3) is 0 Å². The van der Waals surface area contributed by atoms with Crippen LogP contribution in [-0.2, 0) is 14.3 Å². The molecule has 7 atom stereocenters. The number of aliphatic hydroxyl groups is 1. The van der Waals surface area contributed by atoms with Crippen LogP contribution in [0.15, 0.2) is 23.3 Å². The van der Waals surface area contributed by atoms with Crippen molar-refractivity contribution in [3.8, 4) is 0 Å². The Morgan fingerprint density at radius 3 is 2.58 bits per heavy atom. The molecular weight excluding hydrogens is 388 g/mol. The summed E-state index contributed by atoms with van der Waals surface area (Å²) in [5.74, 6) is 0.720. The van der Waals surface area contributed by atoms with E-state index in [2.05, 4.69) is 33.8 Å². The molecule has 2 saturated carbocycles. The number of Topliss-reactive ketones (excluding diaryl/α,β-unsaturated/α-hetero) is 1. The highest BCUT2D eigenvalue weighted by atomic mass is 16.5. The summed E-state index contributed by atoms with van der Waals surface area (Å²) in [5, 5.41) is 10.7. The minimum absolute atomic E-state index is 0.0882. The lowest BCUT2D eigenvalue weighted by atomic mass is 9.41. The molecule has 31 heavy (non-hydrogen) atoms. The van der Waals surface area contributed by atoms with E-state index in [4.69, 9.17) is 4.74 Å². The molecule has 0 aromatic heterocycles. The van der Waals surface area contributed by atoms with E-state index in [0.717, 1.165) is 19.3 Å². The Bertz CT molecular complexity index is 836. The fraction of sp³-hybridized carbons (Fsp3) is 0.778. The van der Waals surface area contributed by atoms with E-state index in [9.17, 15) is 14.7 Å². The summed E-state index contributed by atoms with van der Waals surface area (Å²) in [5.41, 5.74) is 2.07. The highest BCUT2D eigenvalue weighted by Crippen LogP contribution is 2.67. The summed E-state index contributed by atoms with van der Waals surface area (Å²) in [7, 11) is 0. The van der Waals surface area contributed by atoms with Gasteiger partial charge in [0.1, 0.15) is 6.10 Å². The highest BCUT2D eigenvalue weighted by molar-refractivity contribution is 5.96. The van der Waals surface area contributed by atoms with E-state index >= 15 is 0 Å². The quantitative estimate of drug-likeness (QED) is 0.473. The van der Waals surface area contributed by atoms with Crippen molar-refractivity contribution in [2.45, 2.75) is 98.7 Å². The maximum Gasteiger partial charge on any atom is 0.302 e. The Morgan fingerprint density at radius 2 is 1.90 bits per heavy atom. The first kappa shape index (κ1) is 22.8. The predicted molar refractivity (Wildman–Crippen MR) is 121 cm³/mol. The average Bonchev–Trinajstić information content (AvgIpc) is 2.62. The van der Waals surface area contributed by atoms with Gasteiger partial charge >= 0.3 is 5.97 Å². The molecule has 2 fully saturated rings. The molecule has 0 aromatic rings. The van der Waals surface area contributed by atoms with E-state index in [-0.39, 0.29) is 40.0 Å². The number of rotatable bonds is 2. The second-order valence-corrected chi connectivity index (χ2v) is 12.1. The maximum absolute atomic E-state index is 12.4. The van der Waals surface area contributed by atoms with Crippen molar-refractivity contribution < 1.29 is 19.4 Å². The molecule has 4 heteroatoms. The monoisotopic (exact) mass is 428 g/mol. The summed E-state index contributed by atoms with van der Waals surface area (Å²) in [6.45, 7) is 12.8. The predicted octanol–water partition coefficient (Wildman–Crippen LogP) is 5.39. The molecule has 4 aliphatic rings. The second-order valence-electron chi connectivity index (χ2n) is 12.1. The minimum atomic E-state index is -0.589. The molecular formula is C27H40O4. The Balaban J connectivity index is 1.73. The second kappa shape index (κ2) is 7.57. The van der Waals surface area contributed by atoms with E-state index < -0.39 is 6.10 Å². The third-order valence-electron chi connectivity index (χ3n) is 9.40. The van der Waals surface area contributed by atoms with Gasteiger partial charge in [0.25, 0.3) is 0 Å². The zero-order valence-corrected chi connectivity index (χ0v) is 20.2. The molecule has 0 bridgehead atoms. The average molecular weight is 429 g/mol. The van der Waals surface area contributed by atoms with Gasteiger partial charge in [-0.2, -0.15) is 0 Å². The lowest BCUT2D eigenvalue weighted by Gasteiger charge is -2.65. The van der Waals surface area contributed by atoms with Crippen molar-refractivity contribution in [1.29, 1.82) is 0 Å². The van der Waals surface area contributed by atoms with Gasteiger partial charge in [-0.25, -0.2) is 0 Å². The number of carbonyl (C=O) groups excluding carboxylic acids is 2. The summed E-state index contributed by atoms with van der Waals surface area (Å²) in [6, 6.07) is 0. The van der Waals surface area contributed by atoms with Crippen LogP contribution in [0.2, 0.25) is 0 Å². The molecule has 0 aliphatic heterocycles. The molecule has 4 nitrogen and oxygen atoms in total. The first-order chi connectivity index (χ1) is 14.4. The molecule has 0 amide bonds. The molecule has 0 spiro atoms. The normalized spacial score (nSPS) is 44.5. The largest absolute Gasteiger partial charge is 0.462 e. The van der Waals surface area contributed by atoms with Gasteiger partial charge in [-0.15, -0.1) is 0 Å². The van der Waals surface area contributed by atoms with Gasteiger partial charge < -0.3 is 9.84 Å². The molecule has 0 radical (unpaired) electrons. The van der Waals surface area contributed by atoms with Gasteiger partial charge in [-0.1, -0.05) is 45.8 Å². The Hall–Kier alpha value is -1.42. The maximum atomic E-state index is 12.4. The zero-order valence-electron chi connectivity index (χ0n) is 20.2. The number of esters is 1. The lowest BCUT2D eigenvalue weighted by Crippen LogP contribution is -2.61. The van der Waals surface area contributed by atoms with Crippen LogP contribution in [0.5, 0.6) is 0 Å². The number of hydrogen-bond acceptors (Lipinski definition) is 4. The molecule has 172 valence electrons. The van der Waals surface area contributed by atoms with E-state index in [1.807, 2.05) is 0 Å². The number of allylic oxidation sites excluding steroid dienone is 2. The first-order valence-corrected chi connectivity index (χ1v) is 12.2. The molecule has 4 aliphatic carbocycles. The Morgan fingerprint density at radius 1 is 1.19 bits per heavy atom. The van der Waals surface area contributed by atoms with Crippen LogP contribution < -0.4 is 0 Å². The van der Waals surface area contributed by atoms with Gasteiger partial charge in [-0.3, -0.25) is 9.59 Å². The topological polar surface area (TPSA) is 63.6 Å².